The van der Waals surface area contributed by atoms with Crippen molar-refractivity contribution >= 4 is 73.9 Å². The number of benzene rings is 3. The van der Waals surface area contributed by atoms with Gasteiger partial charge in [0.25, 0.3) is 10.0 Å². The highest BCUT2D eigenvalue weighted by atomic mass is 35.5. The van der Waals surface area contributed by atoms with Crippen LogP contribution in [0.25, 0.3) is 0 Å². The highest BCUT2D eigenvalue weighted by Crippen LogP contribution is 2.34. The number of carbonyl (C=O) groups is 2. The van der Waals surface area contributed by atoms with Crippen molar-refractivity contribution in [3.8, 4) is 0 Å². The molecule has 0 saturated carbocycles. The van der Waals surface area contributed by atoms with E-state index in [9.17, 15) is 18.0 Å². The van der Waals surface area contributed by atoms with Crippen molar-refractivity contribution in [1.29, 1.82) is 0 Å². The minimum atomic E-state index is -4.30. The normalized spacial score (nSPS) is 12.5. The lowest BCUT2D eigenvalue weighted by Gasteiger charge is -2.34. The first-order valence-electron chi connectivity index (χ1n) is 12.2. The fourth-order valence-corrected chi connectivity index (χ4v) is 6.22. The molecule has 3 rings (SSSR count). The van der Waals surface area contributed by atoms with E-state index >= 15 is 0 Å². The summed E-state index contributed by atoms with van der Waals surface area (Å²) in [5.41, 5.74) is -0.166. The molecule has 0 spiro atoms. The van der Waals surface area contributed by atoms with E-state index in [0.717, 1.165) is 4.31 Å². The van der Waals surface area contributed by atoms with Crippen molar-refractivity contribution in [2.24, 2.45) is 0 Å². The quantitative estimate of drug-likeness (QED) is 0.277. The van der Waals surface area contributed by atoms with Crippen LogP contribution >= 0.6 is 46.4 Å². The van der Waals surface area contributed by atoms with Crippen molar-refractivity contribution in [1.82, 2.24) is 10.2 Å². The number of hydrogen-bond donors (Lipinski definition) is 1. The largest absolute Gasteiger partial charge is 0.350 e. The van der Waals surface area contributed by atoms with Crippen molar-refractivity contribution in [3.05, 3.63) is 92.4 Å². The second-order valence-electron chi connectivity index (χ2n) is 10.1. The second-order valence-corrected chi connectivity index (χ2v) is 13.6. The number of halogens is 4. The smallest absolute Gasteiger partial charge is 0.264 e. The molecular weight excluding hydrogens is 616 g/mol. The molecule has 1 atom stereocenters. The fourth-order valence-electron chi connectivity index (χ4n) is 3.82. The molecule has 40 heavy (non-hydrogen) atoms. The zero-order valence-corrected chi connectivity index (χ0v) is 26.1. The number of anilines is 1. The number of amides is 2. The lowest BCUT2D eigenvalue weighted by molar-refractivity contribution is -0.140. The molecule has 2 amide bonds. The molecule has 3 aromatic carbocycles. The molecular formula is C28H29Cl4N3O4S. The zero-order chi connectivity index (χ0) is 29.8. The Morgan fingerprint density at radius 1 is 0.875 bits per heavy atom. The standard InChI is InChI=1S/C28H29Cl4N3O4S/c1-18(27(37)33-28(2,3)4)34(16-21-22(30)11-8-12-23(21)31)26(36)17-35(25-15-19(29)13-14-24(25)32)40(38,39)20-9-6-5-7-10-20/h5-15,18H,16-17H2,1-4H3,(H,33,37)/t18-/m1/s1. The predicted molar refractivity (Wildman–Crippen MR) is 162 cm³/mol. The highest BCUT2D eigenvalue weighted by molar-refractivity contribution is 7.92. The number of sulfonamides is 1. The van der Waals surface area contributed by atoms with Gasteiger partial charge >= 0.3 is 0 Å². The molecule has 7 nitrogen and oxygen atoms in total. The SMILES string of the molecule is C[C@H](C(=O)NC(C)(C)C)N(Cc1c(Cl)cccc1Cl)C(=O)CN(c1cc(Cl)ccc1Cl)S(=O)(=O)c1ccccc1. The molecule has 3 aromatic rings. The van der Waals surface area contributed by atoms with Gasteiger partial charge in [0.2, 0.25) is 11.8 Å². The summed E-state index contributed by atoms with van der Waals surface area (Å²) in [6.45, 7) is 6.13. The summed E-state index contributed by atoms with van der Waals surface area (Å²) in [6, 6.07) is 15.8. The minimum Gasteiger partial charge on any atom is -0.350 e. The maximum Gasteiger partial charge on any atom is 0.264 e. The summed E-state index contributed by atoms with van der Waals surface area (Å²) < 4.78 is 28.6. The van der Waals surface area contributed by atoms with E-state index in [-0.39, 0.29) is 27.2 Å². The van der Waals surface area contributed by atoms with Gasteiger partial charge in [-0.2, -0.15) is 0 Å². The van der Waals surface area contributed by atoms with Crippen LogP contribution < -0.4 is 9.62 Å². The van der Waals surface area contributed by atoms with Crippen molar-refractivity contribution < 1.29 is 18.0 Å². The first-order valence-corrected chi connectivity index (χ1v) is 15.1. The first kappa shape index (κ1) is 32.0. The molecule has 0 radical (unpaired) electrons. The summed E-state index contributed by atoms with van der Waals surface area (Å²) in [6.07, 6.45) is 0. The van der Waals surface area contributed by atoms with Crippen molar-refractivity contribution in [2.75, 3.05) is 10.8 Å². The van der Waals surface area contributed by atoms with E-state index in [0.29, 0.717) is 15.6 Å². The Morgan fingerprint density at radius 3 is 2.05 bits per heavy atom. The average molecular weight is 645 g/mol. The van der Waals surface area contributed by atoms with Gasteiger partial charge in [-0.15, -0.1) is 0 Å². The van der Waals surface area contributed by atoms with Crippen LogP contribution in [0.2, 0.25) is 20.1 Å². The van der Waals surface area contributed by atoms with E-state index < -0.39 is 40.0 Å². The Labute approximate surface area is 255 Å². The van der Waals surface area contributed by atoms with Gasteiger partial charge in [-0.1, -0.05) is 70.7 Å². The molecule has 0 saturated heterocycles. The van der Waals surface area contributed by atoms with Crippen LogP contribution in [-0.4, -0.2) is 43.3 Å². The monoisotopic (exact) mass is 643 g/mol. The first-order chi connectivity index (χ1) is 18.6. The second kappa shape index (κ2) is 13.0. The maximum absolute atomic E-state index is 14.0. The molecule has 0 aliphatic heterocycles. The predicted octanol–water partition coefficient (Wildman–Crippen LogP) is 6.83. The Hall–Kier alpha value is -2.49. The van der Waals surface area contributed by atoms with Crippen LogP contribution in [0, 0.1) is 0 Å². The zero-order valence-electron chi connectivity index (χ0n) is 22.3. The van der Waals surface area contributed by atoms with Crippen LogP contribution in [0.15, 0.2) is 71.6 Å². The Bertz CT molecular complexity index is 1470. The lowest BCUT2D eigenvalue weighted by atomic mass is 10.1. The van der Waals surface area contributed by atoms with Gasteiger partial charge < -0.3 is 10.2 Å². The van der Waals surface area contributed by atoms with Gasteiger partial charge in [-0.25, -0.2) is 8.42 Å². The van der Waals surface area contributed by atoms with E-state index in [1.807, 2.05) is 20.8 Å². The molecule has 0 heterocycles. The maximum atomic E-state index is 14.0. The van der Waals surface area contributed by atoms with Gasteiger partial charge in [0.1, 0.15) is 12.6 Å². The number of rotatable bonds is 9. The molecule has 1 N–H and O–H groups in total. The number of carbonyl (C=O) groups excluding carboxylic acids is 2. The Morgan fingerprint density at radius 2 is 1.48 bits per heavy atom. The van der Waals surface area contributed by atoms with Gasteiger partial charge in [0, 0.05) is 32.7 Å². The molecule has 0 aliphatic rings. The summed E-state index contributed by atoms with van der Waals surface area (Å²) in [5, 5.41) is 3.73. The van der Waals surface area contributed by atoms with Crippen molar-refractivity contribution in [3.63, 3.8) is 0 Å². The fraction of sp³-hybridized carbons (Fsp3) is 0.286. The van der Waals surface area contributed by atoms with Gasteiger partial charge in [0.15, 0.2) is 0 Å². The van der Waals surface area contributed by atoms with Gasteiger partial charge in [0.05, 0.1) is 15.6 Å². The number of nitrogens with one attached hydrogen (secondary N) is 1. The van der Waals surface area contributed by atoms with Gasteiger partial charge in [-0.3, -0.25) is 13.9 Å². The van der Waals surface area contributed by atoms with E-state index in [4.69, 9.17) is 46.4 Å². The van der Waals surface area contributed by atoms with E-state index in [1.54, 1.807) is 43.3 Å². The lowest BCUT2D eigenvalue weighted by Crippen LogP contribution is -2.54. The van der Waals surface area contributed by atoms with Crippen LogP contribution in [0.4, 0.5) is 5.69 Å². The summed E-state index contributed by atoms with van der Waals surface area (Å²) in [7, 11) is -4.30. The summed E-state index contributed by atoms with van der Waals surface area (Å²) >= 11 is 25.4. The topological polar surface area (TPSA) is 86.8 Å². The number of hydrogen-bond acceptors (Lipinski definition) is 4. The van der Waals surface area contributed by atoms with Gasteiger partial charge in [-0.05, 0) is 70.2 Å². The van der Waals surface area contributed by atoms with Crippen LogP contribution in [0.5, 0.6) is 0 Å². The molecule has 0 fully saturated rings. The molecule has 0 bridgehead atoms. The number of nitrogens with zero attached hydrogens (tertiary/aromatic N) is 2. The van der Waals surface area contributed by atoms with Crippen LogP contribution in [0.1, 0.15) is 33.3 Å². The summed E-state index contributed by atoms with van der Waals surface area (Å²) in [5.74, 6) is -1.13. The van der Waals surface area contributed by atoms with Crippen LogP contribution in [-0.2, 0) is 26.2 Å². The minimum absolute atomic E-state index is 0.00823. The molecule has 0 unspecified atom stereocenters. The highest BCUT2D eigenvalue weighted by Gasteiger charge is 2.34. The average Bonchev–Trinajstić information content (AvgIpc) is 2.87. The van der Waals surface area contributed by atoms with E-state index in [2.05, 4.69) is 5.32 Å². The van der Waals surface area contributed by atoms with E-state index in [1.165, 1.54) is 35.2 Å². The molecule has 214 valence electrons. The molecule has 0 aliphatic carbocycles. The third kappa shape index (κ3) is 7.83. The molecule has 12 heteroatoms. The Kier molecular flexibility index (Phi) is 10.4. The van der Waals surface area contributed by atoms with Crippen LogP contribution in [0.3, 0.4) is 0 Å². The van der Waals surface area contributed by atoms with Crippen molar-refractivity contribution in [2.45, 2.75) is 50.7 Å². The molecule has 0 aromatic heterocycles. The Balaban J connectivity index is 2.11. The summed E-state index contributed by atoms with van der Waals surface area (Å²) in [4.78, 5) is 28.4. The third-order valence-electron chi connectivity index (χ3n) is 5.84. The third-order valence-corrected chi connectivity index (χ3v) is 8.88.